The molecule has 0 heterocycles. The van der Waals surface area contributed by atoms with Crippen LogP contribution in [0.5, 0.6) is 0 Å². The van der Waals surface area contributed by atoms with Gasteiger partial charge in [-0.2, -0.15) is 0 Å². The summed E-state index contributed by atoms with van der Waals surface area (Å²) in [6.45, 7) is 8.29. The first-order valence-corrected chi connectivity index (χ1v) is 14.3. The molecule has 6 heteroatoms. The standard InChI is InChI=1S/C32H28Br2N2O2/c1-5-19-15-21(33)13-17(3)29(19)35-25-11-12-26(36-30-18(4)14-22(34)16-20(30)6-2)28-27(25)31(37)23-9-7-8-10-24(23)32(28)38/h7-16,35-36H,5-6H2,1-4H3. The van der Waals surface area contributed by atoms with Gasteiger partial charge in [0.15, 0.2) is 11.6 Å². The third kappa shape index (κ3) is 4.61. The van der Waals surface area contributed by atoms with Crippen molar-refractivity contribution in [2.24, 2.45) is 0 Å². The predicted octanol–water partition coefficient (Wildman–Crippen LogP) is 9.22. The maximum Gasteiger partial charge on any atom is 0.196 e. The van der Waals surface area contributed by atoms with Gasteiger partial charge >= 0.3 is 0 Å². The van der Waals surface area contributed by atoms with E-state index in [0.717, 1.165) is 55.4 Å². The number of nitrogens with one attached hydrogen (secondary N) is 2. The van der Waals surface area contributed by atoms with Crippen molar-refractivity contribution in [1.82, 2.24) is 0 Å². The Morgan fingerprint density at radius 3 is 1.39 bits per heavy atom. The zero-order chi connectivity index (χ0) is 27.1. The molecule has 0 saturated carbocycles. The number of benzene rings is 4. The second kappa shape index (κ2) is 10.5. The van der Waals surface area contributed by atoms with Crippen LogP contribution in [0.3, 0.4) is 0 Å². The van der Waals surface area contributed by atoms with E-state index in [2.05, 4.69) is 80.6 Å². The van der Waals surface area contributed by atoms with E-state index in [-0.39, 0.29) is 11.6 Å². The molecule has 0 saturated heterocycles. The molecule has 38 heavy (non-hydrogen) atoms. The van der Waals surface area contributed by atoms with Gasteiger partial charge in [0, 0.05) is 31.4 Å². The van der Waals surface area contributed by atoms with Gasteiger partial charge in [-0.3, -0.25) is 9.59 Å². The largest absolute Gasteiger partial charge is 0.354 e. The molecule has 2 N–H and O–H groups in total. The number of hydrogen-bond donors (Lipinski definition) is 2. The average molecular weight is 632 g/mol. The lowest BCUT2D eigenvalue weighted by atomic mass is 9.82. The van der Waals surface area contributed by atoms with Crippen LogP contribution in [-0.4, -0.2) is 11.6 Å². The first-order chi connectivity index (χ1) is 18.2. The molecule has 0 aromatic heterocycles. The molecule has 0 spiro atoms. The normalized spacial score (nSPS) is 12.3. The maximum atomic E-state index is 14.0. The van der Waals surface area contributed by atoms with Gasteiger partial charge in [-0.25, -0.2) is 0 Å². The number of halogens is 2. The van der Waals surface area contributed by atoms with Crippen LogP contribution < -0.4 is 10.6 Å². The monoisotopic (exact) mass is 630 g/mol. The van der Waals surface area contributed by atoms with Crippen LogP contribution in [0.15, 0.2) is 69.6 Å². The van der Waals surface area contributed by atoms with E-state index >= 15 is 0 Å². The molecular formula is C32H28Br2N2O2. The van der Waals surface area contributed by atoms with Gasteiger partial charge in [0.1, 0.15) is 0 Å². The highest BCUT2D eigenvalue weighted by Gasteiger charge is 2.34. The molecular weight excluding hydrogens is 604 g/mol. The second-order valence-corrected chi connectivity index (χ2v) is 11.4. The number of carbonyl (C=O) groups is 2. The Morgan fingerprint density at radius 1 is 0.632 bits per heavy atom. The number of rotatable bonds is 6. The van der Waals surface area contributed by atoms with Crippen LogP contribution in [0, 0.1) is 13.8 Å². The third-order valence-electron chi connectivity index (χ3n) is 7.12. The summed E-state index contributed by atoms with van der Waals surface area (Å²) in [4.78, 5) is 27.9. The molecule has 5 rings (SSSR count). The van der Waals surface area contributed by atoms with Crippen molar-refractivity contribution in [2.45, 2.75) is 40.5 Å². The lowest BCUT2D eigenvalue weighted by molar-refractivity contribution is 0.0980. The van der Waals surface area contributed by atoms with Crippen LogP contribution in [0.2, 0.25) is 0 Å². The highest BCUT2D eigenvalue weighted by molar-refractivity contribution is 9.10. The van der Waals surface area contributed by atoms with E-state index in [1.165, 1.54) is 0 Å². The number of ketones is 2. The maximum absolute atomic E-state index is 14.0. The molecule has 0 atom stereocenters. The molecule has 4 nitrogen and oxygen atoms in total. The Hall–Kier alpha value is -3.22. The zero-order valence-corrected chi connectivity index (χ0v) is 24.9. The van der Waals surface area contributed by atoms with E-state index in [1.54, 1.807) is 24.3 Å². The minimum absolute atomic E-state index is 0.155. The Kier molecular flexibility index (Phi) is 7.30. The SMILES string of the molecule is CCc1cc(Br)cc(C)c1Nc1ccc(Nc2c(C)cc(Br)cc2CC)c2c1C(=O)c1ccccc1C2=O. The van der Waals surface area contributed by atoms with Crippen molar-refractivity contribution in [1.29, 1.82) is 0 Å². The highest BCUT2D eigenvalue weighted by Crippen LogP contribution is 2.41. The Labute approximate surface area is 240 Å². The van der Waals surface area contributed by atoms with Gasteiger partial charge in [0.2, 0.25) is 0 Å². The summed E-state index contributed by atoms with van der Waals surface area (Å²) >= 11 is 7.19. The van der Waals surface area contributed by atoms with Crippen LogP contribution in [0.1, 0.15) is 67.9 Å². The quantitative estimate of drug-likeness (QED) is 0.196. The predicted molar refractivity (Wildman–Crippen MR) is 163 cm³/mol. The topological polar surface area (TPSA) is 58.2 Å². The molecule has 0 radical (unpaired) electrons. The smallest absolute Gasteiger partial charge is 0.196 e. The molecule has 1 aliphatic rings. The minimum Gasteiger partial charge on any atom is -0.354 e. The van der Waals surface area contributed by atoms with Gasteiger partial charge in [-0.05, 0) is 85.3 Å². The average Bonchev–Trinajstić information content (AvgIpc) is 2.90. The molecule has 0 unspecified atom stereocenters. The third-order valence-corrected chi connectivity index (χ3v) is 8.04. The van der Waals surface area contributed by atoms with E-state index in [0.29, 0.717) is 33.6 Å². The number of aryl methyl sites for hydroxylation is 4. The van der Waals surface area contributed by atoms with Gasteiger partial charge in [0.25, 0.3) is 0 Å². The minimum atomic E-state index is -0.155. The van der Waals surface area contributed by atoms with Crippen LogP contribution in [0.25, 0.3) is 0 Å². The fourth-order valence-electron chi connectivity index (χ4n) is 5.24. The van der Waals surface area contributed by atoms with E-state index in [1.807, 2.05) is 26.0 Å². The van der Waals surface area contributed by atoms with Crippen molar-refractivity contribution in [3.63, 3.8) is 0 Å². The summed E-state index contributed by atoms with van der Waals surface area (Å²) in [6.07, 6.45) is 1.64. The van der Waals surface area contributed by atoms with Gasteiger partial charge in [-0.1, -0.05) is 70.0 Å². The fourth-order valence-corrected chi connectivity index (χ4v) is 6.48. The summed E-state index contributed by atoms with van der Waals surface area (Å²) in [5.74, 6) is -0.310. The lowest BCUT2D eigenvalue weighted by Gasteiger charge is -2.26. The first-order valence-electron chi connectivity index (χ1n) is 12.7. The van der Waals surface area contributed by atoms with Crippen molar-refractivity contribution in [2.75, 3.05) is 10.6 Å². The summed E-state index contributed by atoms with van der Waals surface area (Å²) in [6, 6.07) is 19.2. The van der Waals surface area contributed by atoms with Crippen LogP contribution in [-0.2, 0) is 12.8 Å². The molecule has 0 aliphatic heterocycles. The summed E-state index contributed by atoms with van der Waals surface area (Å²) in [7, 11) is 0. The van der Waals surface area contributed by atoms with E-state index in [9.17, 15) is 9.59 Å². The van der Waals surface area contributed by atoms with Crippen molar-refractivity contribution < 1.29 is 9.59 Å². The molecule has 0 bridgehead atoms. The van der Waals surface area contributed by atoms with Gasteiger partial charge < -0.3 is 10.6 Å². The number of hydrogen-bond acceptors (Lipinski definition) is 4. The fraction of sp³-hybridized carbons (Fsp3) is 0.188. The second-order valence-electron chi connectivity index (χ2n) is 9.59. The molecule has 0 amide bonds. The Balaban J connectivity index is 1.72. The lowest BCUT2D eigenvalue weighted by Crippen LogP contribution is -2.23. The van der Waals surface area contributed by atoms with Crippen molar-refractivity contribution in [3.8, 4) is 0 Å². The number of carbonyl (C=O) groups excluding carboxylic acids is 2. The highest BCUT2D eigenvalue weighted by atomic mass is 79.9. The van der Waals surface area contributed by atoms with Gasteiger partial charge in [-0.15, -0.1) is 0 Å². The molecule has 1 aliphatic carbocycles. The summed E-state index contributed by atoms with van der Waals surface area (Å²) in [5, 5.41) is 7.07. The molecule has 4 aromatic carbocycles. The summed E-state index contributed by atoms with van der Waals surface area (Å²) < 4.78 is 2.02. The zero-order valence-electron chi connectivity index (χ0n) is 21.8. The molecule has 0 fully saturated rings. The molecule has 192 valence electrons. The number of anilines is 4. The summed E-state index contributed by atoms with van der Waals surface area (Å²) in [5.41, 5.74) is 9.19. The van der Waals surface area contributed by atoms with Crippen molar-refractivity contribution in [3.05, 3.63) is 114 Å². The Morgan fingerprint density at radius 2 is 1.03 bits per heavy atom. The first kappa shape index (κ1) is 26.4. The van der Waals surface area contributed by atoms with E-state index < -0.39 is 0 Å². The van der Waals surface area contributed by atoms with Crippen LogP contribution >= 0.6 is 31.9 Å². The number of fused-ring (bicyclic) bond motifs is 2. The van der Waals surface area contributed by atoms with E-state index in [4.69, 9.17) is 0 Å². The van der Waals surface area contributed by atoms with Crippen LogP contribution in [0.4, 0.5) is 22.7 Å². The van der Waals surface area contributed by atoms with Gasteiger partial charge in [0.05, 0.1) is 22.5 Å². The molecule has 4 aromatic rings. The van der Waals surface area contributed by atoms with Crippen molar-refractivity contribution >= 4 is 66.2 Å². The Bertz CT molecular complexity index is 1510.